The van der Waals surface area contributed by atoms with Gasteiger partial charge in [-0.25, -0.2) is 10.1 Å². The largest absolute Gasteiger partial charge is 0.378 e. The Morgan fingerprint density at radius 2 is 2.03 bits per heavy atom. The zero-order chi connectivity index (χ0) is 21.8. The standard InChI is InChI=1S/C17H18N10O4/c18-15-16(23-31-22-15)26-14(13(20-24-26)10-25-7-1-2-8-25)17(28)21-19-9-11-3-5-12(6-4-11)27(29)30/h3-6,9H,1-2,7-8,10H2,(H2,18,22)(H,21,28)/b19-9+. The Bertz CT molecular complexity index is 1110. The molecular weight excluding hydrogens is 408 g/mol. The highest BCUT2D eigenvalue weighted by molar-refractivity contribution is 5.95. The van der Waals surface area contributed by atoms with Crippen LogP contribution in [0.5, 0.6) is 0 Å². The number of carbonyl (C=O) groups is 1. The highest BCUT2D eigenvalue weighted by atomic mass is 16.6. The molecule has 0 bridgehead atoms. The van der Waals surface area contributed by atoms with Gasteiger partial charge < -0.3 is 5.73 Å². The van der Waals surface area contributed by atoms with Gasteiger partial charge in [0.25, 0.3) is 11.6 Å². The van der Waals surface area contributed by atoms with Gasteiger partial charge in [-0.2, -0.15) is 9.78 Å². The molecule has 4 rings (SSSR count). The first-order valence-electron chi connectivity index (χ1n) is 9.36. The van der Waals surface area contributed by atoms with Gasteiger partial charge >= 0.3 is 0 Å². The van der Waals surface area contributed by atoms with Crippen LogP contribution in [0.4, 0.5) is 11.5 Å². The molecule has 3 aromatic rings. The molecule has 0 atom stereocenters. The second kappa shape index (κ2) is 8.66. The van der Waals surface area contributed by atoms with Gasteiger partial charge in [0.15, 0.2) is 5.69 Å². The average molecular weight is 426 g/mol. The maximum absolute atomic E-state index is 12.9. The smallest absolute Gasteiger partial charge is 0.292 e. The maximum atomic E-state index is 12.9. The number of benzene rings is 1. The number of non-ortho nitro benzene ring substituents is 1. The Morgan fingerprint density at radius 3 is 2.68 bits per heavy atom. The van der Waals surface area contributed by atoms with Crippen molar-refractivity contribution in [3.05, 3.63) is 51.3 Å². The molecule has 3 heterocycles. The Morgan fingerprint density at radius 1 is 1.29 bits per heavy atom. The molecule has 31 heavy (non-hydrogen) atoms. The Balaban J connectivity index is 1.55. The van der Waals surface area contributed by atoms with Crippen molar-refractivity contribution in [3.8, 4) is 5.82 Å². The Kier molecular flexibility index (Phi) is 5.61. The number of nitro groups is 1. The second-order valence-corrected chi connectivity index (χ2v) is 6.80. The topological polar surface area (TPSA) is 183 Å². The van der Waals surface area contributed by atoms with Crippen molar-refractivity contribution in [2.75, 3.05) is 18.8 Å². The van der Waals surface area contributed by atoms with Crippen LogP contribution in [0.15, 0.2) is 34.0 Å². The molecule has 1 aromatic carbocycles. The molecule has 1 aliphatic rings. The van der Waals surface area contributed by atoms with E-state index in [0.29, 0.717) is 17.8 Å². The van der Waals surface area contributed by atoms with Crippen molar-refractivity contribution < 1.29 is 14.3 Å². The molecule has 1 aliphatic heterocycles. The quantitative estimate of drug-likeness (QED) is 0.306. The van der Waals surface area contributed by atoms with E-state index in [2.05, 4.69) is 40.7 Å². The van der Waals surface area contributed by atoms with Crippen LogP contribution in [0.3, 0.4) is 0 Å². The number of carbonyl (C=O) groups excluding carboxylic acids is 1. The van der Waals surface area contributed by atoms with E-state index < -0.39 is 10.8 Å². The number of nitrogens with two attached hydrogens (primary N) is 1. The molecule has 1 fully saturated rings. The van der Waals surface area contributed by atoms with E-state index in [4.69, 9.17) is 5.73 Å². The van der Waals surface area contributed by atoms with Crippen LogP contribution in [-0.4, -0.2) is 60.3 Å². The molecule has 0 aliphatic carbocycles. The average Bonchev–Trinajstić information content (AvgIpc) is 3.50. The summed E-state index contributed by atoms with van der Waals surface area (Å²) >= 11 is 0. The molecule has 0 spiro atoms. The lowest BCUT2D eigenvalue weighted by atomic mass is 10.2. The predicted octanol–water partition coefficient (Wildman–Crippen LogP) is 0.500. The molecule has 160 valence electrons. The number of nitrogens with one attached hydrogen (secondary N) is 1. The molecule has 0 saturated carbocycles. The number of hydrogen-bond acceptors (Lipinski definition) is 11. The summed E-state index contributed by atoms with van der Waals surface area (Å²) in [5, 5.41) is 30.0. The highest BCUT2D eigenvalue weighted by Crippen LogP contribution is 2.19. The summed E-state index contributed by atoms with van der Waals surface area (Å²) in [7, 11) is 0. The molecule has 1 saturated heterocycles. The first kappa shape index (κ1) is 20.1. The highest BCUT2D eigenvalue weighted by Gasteiger charge is 2.26. The molecule has 2 aromatic heterocycles. The molecule has 0 radical (unpaired) electrons. The van der Waals surface area contributed by atoms with Gasteiger partial charge in [0.2, 0.25) is 11.6 Å². The summed E-state index contributed by atoms with van der Waals surface area (Å²) < 4.78 is 5.77. The fourth-order valence-corrected chi connectivity index (χ4v) is 3.19. The number of hydrazone groups is 1. The van der Waals surface area contributed by atoms with Crippen molar-refractivity contribution in [2.45, 2.75) is 19.4 Å². The minimum Gasteiger partial charge on any atom is -0.378 e. The van der Waals surface area contributed by atoms with Crippen molar-refractivity contribution >= 4 is 23.6 Å². The molecule has 14 heteroatoms. The number of anilines is 1. The number of nitrogen functional groups attached to an aromatic ring is 1. The van der Waals surface area contributed by atoms with Crippen molar-refractivity contribution in [1.29, 1.82) is 0 Å². The number of hydrogen-bond donors (Lipinski definition) is 2. The first-order valence-corrected chi connectivity index (χ1v) is 9.36. The van der Waals surface area contributed by atoms with Crippen molar-refractivity contribution in [2.24, 2.45) is 5.10 Å². The minimum atomic E-state index is -0.584. The van der Waals surface area contributed by atoms with Crippen LogP contribution in [0.2, 0.25) is 0 Å². The SMILES string of the molecule is Nc1nonc1-n1nnc(CN2CCCC2)c1C(=O)N/N=C/c1ccc([N+](=O)[O-])cc1. The van der Waals surface area contributed by atoms with Crippen LogP contribution < -0.4 is 11.2 Å². The fraction of sp³-hybridized carbons (Fsp3) is 0.294. The summed E-state index contributed by atoms with van der Waals surface area (Å²) in [4.78, 5) is 25.3. The summed E-state index contributed by atoms with van der Waals surface area (Å²) in [6.45, 7) is 2.24. The van der Waals surface area contributed by atoms with Crippen molar-refractivity contribution in [1.82, 2.24) is 35.6 Å². The van der Waals surface area contributed by atoms with Crippen LogP contribution in [0.1, 0.15) is 34.6 Å². The lowest BCUT2D eigenvalue weighted by molar-refractivity contribution is -0.384. The number of nitro benzene ring substituents is 1. The molecule has 3 N–H and O–H groups in total. The molecule has 0 unspecified atom stereocenters. The van der Waals surface area contributed by atoms with Gasteiger partial charge in [0, 0.05) is 18.7 Å². The zero-order valence-corrected chi connectivity index (χ0v) is 16.2. The number of likely N-dealkylation sites (tertiary alicyclic amines) is 1. The lowest BCUT2D eigenvalue weighted by Crippen LogP contribution is -2.26. The van der Waals surface area contributed by atoms with Crippen molar-refractivity contribution in [3.63, 3.8) is 0 Å². The molecule has 14 nitrogen and oxygen atoms in total. The number of aromatic nitrogens is 5. The Labute approximate surface area is 174 Å². The number of amides is 1. The van der Waals surface area contributed by atoms with Gasteiger partial charge in [0.1, 0.15) is 5.69 Å². The number of rotatable bonds is 7. The summed E-state index contributed by atoms with van der Waals surface area (Å²) in [6, 6.07) is 5.72. The zero-order valence-electron chi connectivity index (χ0n) is 16.2. The van der Waals surface area contributed by atoms with Crippen LogP contribution in [0.25, 0.3) is 5.82 Å². The Hall–Kier alpha value is -4.20. The summed E-state index contributed by atoms with van der Waals surface area (Å²) in [5.74, 6) is -0.578. The van der Waals surface area contributed by atoms with E-state index in [9.17, 15) is 14.9 Å². The third-order valence-corrected chi connectivity index (χ3v) is 4.71. The first-order chi connectivity index (χ1) is 15.0. The predicted molar refractivity (Wildman–Crippen MR) is 106 cm³/mol. The third-order valence-electron chi connectivity index (χ3n) is 4.71. The van der Waals surface area contributed by atoms with Gasteiger partial charge in [-0.1, -0.05) is 5.21 Å². The molecule has 1 amide bonds. The van der Waals surface area contributed by atoms with E-state index in [0.717, 1.165) is 30.6 Å². The van der Waals surface area contributed by atoms with Crippen LogP contribution in [-0.2, 0) is 6.54 Å². The normalized spacial score (nSPS) is 14.3. The van der Waals surface area contributed by atoms with Gasteiger partial charge in [-0.15, -0.1) is 5.10 Å². The van der Waals surface area contributed by atoms with E-state index in [-0.39, 0.29) is 23.0 Å². The van der Waals surface area contributed by atoms with E-state index in [1.165, 1.54) is 30.5 Å². The van der Waals surface area contributed by atoms with Gasteiger partial charge in [-0.05, 0) is 53.9 Å². The van der Waals surface area contributed by atoms with Crippen LogP contribution >= 0.6 is 0 Å². The third kappa shape index (κ3) is 4.37. The fourth-order valence-electron chi connectivity index (χ4n) is 3.19. The second-order valence-electron chi connectivity index (χ2n) is 6.80. The monoisotopic (exact) mass is 426 g/mol. The lowest BCUT2D eigenvalue weighted by Gasteiger charge is -2.13. The summed E-state index contributed by atoms with van der Waals surface area (Å²) in [6.07, 6.45) is 3.52. The minimum absolute atomic E-state index is 0.0403. The van der Waals surface area contributed by atoms with Gasteiger partial charge in [0.05, 0.1) is 11.1 Å². The summed E-state index contributed by atoms with van der Waals surface area (Å²) in [5.41, 5.74) is 9.24. The number of nitrogens with zero attached hydrogens (tertiary/aromatic N) is 8. The molecular formula is C17H18N10O4. The van der Waals surface area contributed by atoms with E-state index >= 15 is 0 Å². The maximum Gasteiger partial charge on any atom is 0.292 e. The van der Waals surface area contributed by atoms with E-state index in [1.807, 2.05) is 0 Å². The van der Waals surface area contributed by atoms with E-state index in [1.54, 1.807) is 0 Å². The van der Waals surface area contributed by atoms with Crippen LogP contribution in [0, 0.1) is 10.1 Å². The van der Waals surface area contributed by atoms with Gasteiger partial charge in [-0.3, -0.25) is 19.8 Å².